The fraction of sp³-hybridized carbons (Fsp3) is 0.200. The van der Waals surface area contributed by atoms with Crippen molar-refractivity contribution < 1.29 is 0 Å². The lowest BCUT2D eigenvalue weighted by Crippen LogP contribution is -1.91. The van der Waals surface area contributed by atoms with Gasteiger partial charge in [0.1, 0.15) is 0 Å². The Hall–Kier alpha value is -0.760. The van der Waals surface area contributed by atoms with Crippen LogP contribution in [0, 0.1) is 6.92 Å². The molecule has 0 unspecified atom stereocenters. The third kappa shape index (κ3) is 2.11. The highest BCUT2D eigenvalue weighted by Gasteiger charge is 1.98. The first-order chi connectivity index (χ1) is 5.61. The van der Waals surface area contributed by atoms with E-state index in [0.29, 0.717) is 0 Å². The van der Waals surface area contributed by atoms with Crippen LogP contribution in [0.25, 0.3) is 6.08 Å². The largest absolute Gasteiger partial charge is 0.398 e. The Bertz CT molecular complexity index is 291. The Kier molecular flexibility index (Phi) is 2.93. The van der Waals surface area contributed by atoms with Crippen molar-refractivity contribution in [2.24, 2.45) is 0 Å². The molecule has 0 aliphatic heterocycles. The molecule has 1 rings (SSSR count). The van der Waals surface area contributed by atoms with Gasteiger partial charge < -0.3 is 5.73 Å². The predicted octanol–water partition coefficient (Wildman–Crippen LogP) is 3.33. The summed E-state index contributed by atoms with van der Waals surface area (Å²) in [5.74, 6) is 0. The summed E-state index contributed by atoms with van der Waals surface area (Å²) in [4.78, 5) is 0. The average molecular weight is 226 g/mol. The standard InChI is InChI=1S/C10H12BrN/c1-7-4-3-5-10(12)9(7)6-8(2)11/h3-6H,12H2,1-2H3/b8-6-. The molecule has 0 heterocycles. The number of nitrogen functional groups attached to an aromatic ring is 1. The molecule has 0 bridgehead atoms. The quantitative estimate of drug-likeness (QED) is 0.730. The van der Waals surface area contributed by atoms with E-state index < -0.39 is 0 Å². The van der Waals surface area contributed by atoms with Gasteiger partial charge in [-0.3, -0.25) is 0 Å². The summed E-state index contributed by atoms with van der Waals surface area (Å²) in [5, 5.41) is 0. The lowest BCUT2D eigenvalue weighted by molar-refractivity contribution is 1.44. The number of halogens is 1. The van der Waals surface area contributed by atoms with Crippen LogP contribution < -0.4 is 5.73 Å². The number of allylic oxidation sites excluding steroid dienone is 1. The lowest BCUT2D eigenvalue weighted by Gasteiger charge is -2.03. The molecule has 0 aliphatic rings. The minimum absolute atomic E-state index is 0.828. The minimum Gasteiger partial charge on any atom is -0.398 e. The highest BCUT2D eigenvalue weighted by Crippen LogP contribution is 2.21. The van der Waals surface area contributed by atoms with Crippen molar-refractivity contribution in [3.63, 3.8) is 0 Å². The summed E-state index contributed by atoms with van der Waals surface area (Å²) in [6.07, 6.45) is 2.03. The number of aryl methyl sites for hydroxylation is 1. The van der Waals surface area contributed by atoms with Gasteiger partial charge >= 0.3 is 0 Å². The van der Waals surface area contributed by atoms with E-state index in [2.05, 4.69) is 28.9 Å². The SMILES string of the molecule is C/C(Br)=C/c1c(C)cccc1N. The maximum Gasteiger partial charge on any atom is 0.0390 e. The summed E-state index contributed by atoms with van der Waals surface area (Å²) in [6, 6.07) is 5.93. The molecule has 0 saturated heterocycles. The number of hydrogen-bond acceptors (Lipinski definition) is 1. The second-order valence-electron chi connectivity index (χ2n) is 2.81. The van der Waals surface area contributed by atoms with E-state index in [1.165, 1.54) is 5.56 Å². The van der Waals surface area contributed by atoms with Gasteiger partial charge in [0.15, 0.2) is 0 Å². The van der Waals surface area contributed by atoms with Crippen LogP contribution in [0.15, 0.2) is 22.7 Å². The fourth-order valence-corrected chi connectivity index (χ4v) is 1.33. The molecule has 0 atom stereocenters. The molecule has 1 aromatic rings. The average Bonchev–Trinajstić information content (AvgIpc) is 1.97. The van der Waals surface area contributed by atoms with Gasteiger partial charge in [0.05, 0.1) is 0 Å². The first-order valence-electron chi connectivity index (χ1n) is 3.80. The normalized spacial score (nSPS) is 11.8. The zero-order valence-electron chi connectivity index (χ0n) is 7.26. The molecule has 0 spiro atoms. The van der Waals surface area contributed by atoms with E-state index in [1.807, 2.05) is 25.1 Å². The van der Waals surface area contributed by atoms with Crippen LogP contribution in [-0.4, -0.2) is 0 Å². The number of benzene rings is 1. The zero-order chi connectivity index (χ0) is 9.14. The molecule has 1 nitrogen and oxygen atoms in total. The summed E-state index contributed by atoms with van der Waals surface area (Å²) >= 11 is 3.38. The van der Waals surface area contributed by atoms with E-state index >= 15 is 0 Å². The molecule has 2 N–H and O–H groups in total. The van der Waals surface area contributed by atoms with Crippen LogP contribution >= 0.6 is 15.9 Å². The minimum atomic E-state index is 0.828. The number of nitrogens with two attached hydrogens (primary N) is 1. The molecule has 64 valence electrons. The van der Waals surface area contributed by atoms with Crippen LogP contribution in [0.5, 0.6) is 0 Å². The van der Waals surface area contributed by atoms with Gasteiger partial charge in [-0.25, -0.2) is 0 Å². The van der Waals surface area contributed by atoms with E-state index in [-0.39, 0.29) is 0 Å². The molecule has 0 radical (unpaired) electrons. The third-order valence-electron chi connectivity index (χ3n) is 1.70. The van der Waals surface area contributed by atoms with Gasteiger partial charge in [-0.05, 0) is 36.0 Å². The van der Waals surface area contributed by atoms with Crippen LogP contribution in [0.4, 0.5) is 5.69 Å². The molecule has 0 aliphatic carbocycles. The Morgan fingerprint density at radius 1 is 1.50 bits per heavy atom. The first kappa shape index (κ1) is 9.33. The van der Waals surface area contributed by atoms with Crippen LogP contribution in [0.2, 0.25) is 0 Å². The number of rotatable bonds is 1. The van der Waals surface area contributed by atoms with Crippen molar-refractivity contribution in [2.75, 3.05) is 5.73 Å². The predicted molar refractivity (Wildman–Crippen MR) is 58.2 cm³/mol. The van der Waals surface area contributed by atoms with Crippen molar-refractivity contribution in [2.45, 2.75) is 13.8 Å². The molecular formula is C10H12BrN. The second kappa shape index (κ2) is 3.76. The summed E-state index contributed by atoms with van der Waals surface area (Å²) in [6.45, 7) is 4.05. The zero-order valence-corrected chi connectivity index (χ0v) is 8.85. The maximum absolute atomic E-state index is 5.80. The van der Waals surface area contributed by atoms with Crippen molar-refractivity contribution in [1.29, 1.82) is 0 Å². The Balaban J connectivity index is 3.22. The van der Waals surface area contributed by atoms with Crippen LogP contribution in [-0.2, 0) is 0 Å². The van der Waals surface area contributed by atoms with Crippen LogP contribution in [0.1, 0.15) is 18.1 Å². The molecule has 0 aromatic heterocycles. The summed E-state index contributed by atoms with van der Waals surface area (Å²) in [5.41, 5.74) is 8.94. The highest BCUT2D eigenvalue weighted by molar-refractivity contribution is 9.11. The molecular weight excluding hydrogens is 214 g/mol. The Morgan fingerprint density at radius 3 is 2.67 bits per heavy atom. The summed E-state index contributed by atoms with van der Waals surface area (Å²) in [7, 11) is 0. The van der Waals surface area contributed by atoms with E-state index in [0.717, 1.165) is 15.7 Å². The fourth-order valence-electron chi connectivity index (χ4n) is 1.10. The van der Waals surface area contributed by atoms with Crippen molar-refractivity contribution in [1.82, 2.24) is 0 Å². The monoisotopic (exact) mass is 225 g/mol. The lowest BCUT2D eigenvalue weighted by atomic mass is 10.1. The molecule has 1 aromatic carbocycles. The number of hydrogen-bond donors (Lipinski definition) is 1. The van der Waals surface area contributed by atoms with Crippen molar-refractivity contribution >= 4 is 27.7 Å². The molecule has 0 amide bonds. The summed E-state index contributed by atoms with van der Waals surface area (Å²) < 4.78 is 1.09. The van der Waals surface area contributed by atoms with Gasteiger partial charge in [0.25, 0.3) is 0 Å². The van der Waals surface area contributed by atoms with E-state index in [9.17, 15) is 0 Å². The second-order valence-corrected chi connectivity index (χ2v) is 4.06. The molecule has 12 heavy (non-hydrogen) atoms. The van der Waals surface area contributed by atoms with Crippen LogP contribution in [0.3, 0.4) is 0 Å². The van der Waals surface area contributed by atoms with Gasteiger partial charge in [0, 0.05) is 11.3 Å². The van der Waals surface area contributed by atoms with Gasteiger partial charge in [-0.1, -0.05) is 28.1 Å². The van der Waals surface area contributed by atoms with E-state index in [1.54, 1.807) is 0 Å². The van der Waals surface area contributed by atoms with Crippen molar-refractivity contribution in [3.8, 4) is 0 Å². The van der Waals surface area contributed by atoms with Gasteiger partial charge in [0.2, 0.25) is 0 Å². The highest BCUT2D eigenvalue weighted by atomic mass is 79.9. The van der Waals surface area contributed by atoms with E-state index in [4.69, 9.17) is 5.73 Å². The maximum atomic E-state index is 5.80. The van der Waals surface area contributed by atoms with Gasteiger partial charge in [-0.15, -0.1) is 0 Å². The van der Waals surface area contributed by atoms with Gasteiger partial charge in [-0.2, -0.15) is 0 Å². The Labute approximate surface area is 81.4 Å². The molecule has 0 saturated carbocycles. The topological polar surface area (TPSA) is 26.0 Å². The third-order valence-corrected chi connectivity index (χ3v) is 1.93. The molecule has 0 fully saturated rings. The number of anilines is 1. The Morgan fingerprint density at radius 2 is 2.17 bits per heavy atom. The molecule has 2 heteroatoms. The smallest absolute Gasteiger partial charge is 0.0390 e. The first-order valence-corrected chi connectivity index (χ1v) is 4.59. The van der Waals surface area contributed by atoms with Crippen molar-refractivity contribution in [3.05, 3.63) is 33.8 Å².